The van der Waals surface area contributed by atoms with Crippen molar-refractivity contribution in [3.05, 3.63) is 60.3 Å². The summed E-state index contributed by atoms with van der Waals surface area (Å²) in [5, 5.41) is 16.5. The first-order valence-electron chi connectivity index (χ1n) is 8.78. The molecule has 7 heteroatoms. The van der Waals surface area contributed by atoms with Crippen molar-refractivity contribution in [1.82, 2.24) is 24.8 Å². The number of anilines is 1. The molecule has 0 aliphatic rings. The summed E-state index contributed by atoms with van der Waals surface area (Å²) in [6, 6.07) is 15.2. The van der Waals surface area contributed by atoms with Gasteiger partial charge in [0.1, 0.15) is 0 Å². The average Bonchev–Trinajstić information content (AvgIpc) is 3.30. The monoisotopic (exact) mass is 360 g/mol. The number of benzene rings is 2. The third-order valence-corrected chi connectivity index (χ3v) is 4.47. The number of rotatable bonds is 4. The summed E-state index contributed by atoms with van der Waals surface area (Å²) < 4.78 is 2.02. The van der Waals surface area contributed by atoms with Gasteiger partial charge >= 0.3 is 0 Å². The van der Waals surface area contributed by atoms with Gasteiger partial charge in [0.25, 0.3) is 5.91 Å². The van der Waals surface area contributed by atoms with Crippen molar-refractivity contribution in [2.24, 2.45) is 7.05 Å². The largest absolute Gasteiger partial charge is 0.350 e. The molecular formula is C20H20N6O. The smallest absolute Gasteiger partial charge is 0.255 e. The van der Waals surface area contributed by atoms with E-state index in [2.05, 4.69) is 20.7 Å². The maximum atomic E-state index is 12.6. The number of aryl methyl sites for hydroxylation is 1. The van der Waals surface area contributed by atoms with Gasteiger partial charge in [-0.25, -0.2) is 0 Å². The van der Waals surface area contributed by atoms with Crippen LogP contribution in [0.5, 0.6) is 0 Å². The number of fused-ring (bicyclic) bond motifs is 1. The van der Waals surface area contributed by atoms with E-state index in [1.165, 1.54) is 0 Å². The first-order chi connectivity index (χ1) is 13.0. The van der Waals surface area contributed by atoms with Gasteiger partial charge in [0, 0.05) is 35.3 Å². The van der Waals surface area contributed by atoms with Crippen molar-refractivity contribution in [3.8, 4) is 11.4 Å². The summed E-state index contributed by atoms with van der Waals surface area (Å²) in [5.74, 6) is 0.390. The highest BCUT2D eigenvalue weighted by atomic mass is 16.1. The first kappa shape index (κ1) is 17.0. The van der Waals surface area contributed by atoms with Gasteiger partial charge in [-0.05, 0) is 49.4 Å². The van der Waals surface area contributed by atoms with E-state index in [1.54, 1.807) is 16.9 Å². The molecule has 0 unspecified atom stereocenters. The predicted molar refractivity (Wildman–Crippen MR) is 105 cm³/mol. The third-order valence-electron chi connectivity index (χ3n) is 4.47. The van der Waals surface area contributed by atoms with Crippen LogP contribution in [0.15, 0.2) is 54.7 Å². The minimum absolute atomic E-state index is 0.150. The van der Waals surface area contributed by atoms with Crippen LogP contribution in [-0.4, -0.2) is 30.7 Å². The van der Waals surface area contributed by atoms with Gasteiger partial charge in [0.15, 0.2) is 0 Å². The van der Waals surface area contributed by atoms with Gasteiger partial charge in [-0.2, -0.15) is 4.80 Å². The third kappa shape index (κ3) is 3.19. The minimum atomic E-state index is -0.156. The zero-order valence-corrected chi connectivity index (χ0v) is 15.4. The van der Waals surface area contributed by atoms with E-state index in [4.69, 9.17) is 0 Å². The zero-order valence-electron chi connectivity index (χ0n) is 15.4. The molecule has 0 fully saturated rings. The summed E-state index contributed by atoms with van der Waals surface area (Å²) in [7, 11) is 1.98. The Hall–Kier alpha value is -3.48. The molecule has 4 aromatic rings. The molecule has 0 spiro atoms. The maximum absolute atomic E-state index is 12.6. The van der Waals surface area contributed by atoms with Gasteiger partial charge in [-0.15, -0.1) is 10.2 Å². The number of amides is 1. The molecule has 0 aliphatic carbocycles. The molecule has 0 saturated heterocycles. The van der Waals surface area contributed by atoms with Crippen molar-refractivity contribution in [1.29, 1.82) is 0 Å². The Morgan fingerprint density at radius 2 is 1.85 bits per heavy atom. The molecule has 0 bridgehead atoms. The average molecular weight is 360 g/mol. The van der Waals surface area contributed by atoms with E-state index in [1.807, 2.05) is 68.1 Å². The molecule has 7 nitrogen and oxygen atoms in total. The molecule has 1 amide bonds. The maximum Gasteiger partial charge on any atom is 0.255 e. The predicted octanol–water partition coefficient (Wildman–Crippen LogP) is 3.67. The van der Waals surface area contributed by atoms with Crippen molar-refractivity contribution in [2.75, 3.05) is 5.32 Å². The van der Waals surface area contributed by atoms with Crippen LogP contribution >= 0.6 is 0 Å². The lowest BCUT2D eigenvalue weighted by atomic mass is 10.1. The molecule has 2 heterocycles. The lowest BCUT2D eigenvalue weighted by Gasteiger charge is -2.07. The second-order valence-corrected chi connectivity index (χ2v) is 6.72. The van der Waals surface area contributed by atoms with Crippen molar-refractivity contribution in [2.45, 2.75) is 19.9 Å². The van der Waals surface area contributed by atoms with Crippen LogP contribution in [0.1, 0.15) is 30.2 Å². The molecule has 136 valence electrons. The highest BCUT2D eigenvalue weighted by Gasteiger charge is 2.12. The topological polar surface area (TPSA) is 77.6 Å². The summed E-state index contributed by atoms with van der Waals surface area (Å²) in [6.45, 7) is 3.98. The summed E-state index contributed by atoms with van der Waals surface area (Å²) in [5.41, 5.74) is 3.26. The number of carbonyl (C=O) groups is 1. The van der Waals surface area contributed by atoms with Gasteiger partial charge < -0.3 is 9.88 Å². The van der Waals surface area contributed by atoms with Crippen LogP contribution in [0, 0.1) is 0 Å². The van der Waals surface area contributed by atoms with Crippen LogP contribution in [0.25, 0.3) is 22.3 Å². The Labute approximate surface area is 156 Å². The first-order valence-corrected chi connectivity index (χ1v) is 8.78. The van der Waals surface area contributed by atoms with E-state index in [0.717, 1.165) is 22.2 Å². The van der Waals surface area contributed by atoms with Gasteiger partial charge in [0.2, 0.25) is 5.82 Å². The molecule has 2 aromatic heterocycles. The van der Waals surface area contributed by atoms with E-state index in [-0.39, 0.29) is 11.9 Å². The SMILES string of the molecule is CC(C)n1nnc(-c2ccc(C(=O)Nc3cccc4c3ccn4C)cc2)n1. The van der Waals surface area contributed by atoms with Crippen molar-refractivity contribution < 1.29 is 4.79 Å². The fourth-order valence-electron chi connectivity index (χ4n) is 2.94. The molecule has 27 heavy (non-hydrogen) atoms. The molecule has 0 saturated carbocycles. The standard InChI is InChI=1S/C20H20N6O/c1-13(2)26-23-19(22-24-26)14-7-9-15(10-8-14)20(27)21-17-5-4-6-18-16(17)11-12-25(18)3/h4-13H,1-3H3,(H,21,27). The number of hydrogen-bond acceptors (Lipinski definition) is 4. The summed E-state index contributed by atoms with van der Waals surface area (Å²) in [6.07, 6.45) is 1.98. The molecule has 1 N–H and O–H groups in total. The van der Waals surface area contributed by atoms with Crippen molar-refractivity contribution >= 4 is 22.5 Å². The molecule has 2 aromatic carbocycles. The lowest BCUT2D eigenvalue weighted by molar-refractivity contribution is 0.102. The Bertz CT molecular complexity index is 1110. The molecular weight excluding hydrogens is 340 g/mol. The highest BCUT2D eigenvalue weighted by molar-refractivity contribution is 6.09. The lowest BCUT2D eigenvalue weighted by Crippen LogP contribution is -2.12. The Balaban J connectivity index is 1.55. The second-order valence-electron chi connectivity index (χ2n) is 6.72. The van der Waals surface area contributed by atoms with E-state index in [9.17, 15) is 4.79 Å². The molecule has 0 atom stereocenters. The van der Waals surface area contributed by atoms with Gasteiger partial charge in [0.05, 0.1) is 11.7 Å². The number of carbonyl (C=O) groups excluding carboxylic acids is 1. The van der Waals surface area contributed by atoms with Crippen molar-refractivity contribution in [3.63, 3.8) is 0 Å². The minimum Gasteiger partial charge on any atom is -0.350 e. The molecule has 0 radical (unpaired) electrons. The number of tetrazole rings is 1. The fraction of sp³-hybridized carbons (Fsp3) is 0.200. The van der Waals surface area contributed by atoms with E-state index >= 15 is 0 Å². The van der Waals surface area contributed by atoms with Crippen LogP contribution in [-0.2, 0) is 7.05 Å². The zero-order chi connectivity index (χ0) is 19.0. The van der Waals surface area contributed by atoms with Crippen LogP contribution in [0.2, 0.25) is 0 Å². The van der Waals surface area contributed by atoms with Crippen LogP contribution in [0.4, 0.5) is 5.69 Å². The summed E-state index contributed by atoms with van der Waals surface area (Å²) in [4.78, 5) is 14.2. The number of aromatic nitrogens is 5. The van der Waals surface area contributed by atoms with E-state index < -0.39 is 0 Å². The summed E-state index contributed by atoms with van der Waals surface area (Å²) >= 11 is 0. The normalized spacial score (nSPS) is 11.3. The van der Waals surface area contributed by atoms with E-state index in [0.29, 0.717) is 11.4 Å². The Morgan fingerprint density at radius 1 is 1.07 bits per heavy atom. The fourth-order valence-corrected chi connectivity index (χ4v) is 2.94. The second kappa shape index (κ2) is 6.68. The quantitative estimate of drug-likeness (QED) is 0.602. The van der Waals surface area contributed by atoms with Crippen LogP contribution in [0.3, 0.4) is 0 Å². The number of nitrogens with zero attached hydrogens (tertiary/aromatic N) is 5. The Kier molecular flexibility index (Phi) is 4.19. The molecule has 4 rings (SSSR count). The van der Waals surface area contributed by atoms with Gasteiger partial charge in [-0.3, -0.25) is 4.79 Å². The highest BCUT2D eigenvalue weighted by Crippen LogP contribution is 2.24. The van der Waals surface area contributed by atoms with Crippen LogP contribution < -0.4 is 5.32 Å². The molecule has 0 aliphatic heterocycles. The number of hydrogen-bond donors (Lipinski definition) is 1. The van der Waals surface area contributed by atoms with Gasteiger partial charge in [-0.1, -0.05) is 18.2 Å². The number of nitrogens with one attached hydrogen (secondary N) is 1. The Morgan fingerprint density at radius 3 is 2.56 bits per heavy atom.